The highest BCUT2D eigenvalue weighted by Gasteiger charge is 2.17. The summed E-state index contributed by atoms with van der Waals surface area (Å²) in [5, 5.41) is 0.721. The summed E-state index contributed by atoms with van der Waals surface area (Å²) < 4.78 is 0.971. The first-order valence-corrected chi connectivity index (χ1v) is 6.96. The van der Waals surface area contributed by atoms with Gasteiger partial charge in [-0.2, -0.15) is 0 Å². The number of aromatic nitrogens is 2. The topological polar surface area (TPSA) is 54.9 Å². The van der Waals surface area contributed by atoms with Crippen LogP contribution in [0.3, 0.4) is 0 Å². The van der Waals surface area contributed by atoms with E-state index >= 15 is 0 Å². The van der Waals surface area contributed by atoms with Crippen molar-refractivity contribution in [1.29, 1.82) is 0 Å². The minimum absolute atomic E-state index is 0.0550. The van der Waals surface area contributed by atoms with Crippen molar-refractivity contribution in [1.82, 2.24) is 9.55 Å². The molecule has 2 aromatic rings. The third-order valence-electron chi connectivity index (χ3n) is 2.77. The van der Waals surface area contributed by atoms with Crippen LogP contribution in [-0.4, -0.2) is 9.55 Å². The summed E-state index contributed by atoms with van der Waals surface area (Å²) in [4.78, 5) is 26.9. The molecular weight excluding hydrogens is 323 g/mol. The molecular formula is C13H11Cl3N2O2. The zero-order valence-corrected chi connectivity index (χ0v) is 13.0. The molecule has 0 fully saturated rings. The second-order valence-corrected chi connectivity index (χ2v) is 5.83. The Morgan fingerprint density at radius 1 is 1.05 bits per heavy atom. The highest BCUT2D eigenvalue weighted by molar-refractivity contribution is 6.34. The fourth-order valence-electron chi connectivity index (χ4n) is 1.93. The Kier molecular flexibility index (Phi) is 4.28. The molecule has 0 spiro atoms. The van der Waals surface area contributed by atoms with Crippen LogP contribution in [0.5, 0.6) is 0 Å². The molecule has 0 bridgehead atoms. The van der Waals surface area contributed by atoms with E-state index in [0.717, 1.165) is 4.57 Å². The number of hydrogen-bond donors (Lipinski definition) is 1. The number of nitrogens with one attached hydrogen (secondary N) is 1. The predicted octanol–water partition coefficient (Wildman–Crippen LogP) is 3.61. The van der Waals surface area contributed by atoms with Crippen LogP contribution in [0, 0.1) is 0 Å². The van der Waals surface area contributed by atoms with Gasteiger partial charge in [-0.15, -0.1) is 0 Å². The summed E-state index contributed by atoms with van der Waals surface area (Å²) in [6, 6.07) is 4.50. The van der Waals surface area contributed by atoms with Crippen molar-refractivity contribution >= 4 is 34.8 Å². The Labute approximate surface area is 129 Å². The average Bonchev–Trinajstić information content (AvgIpc) is 2.25. The van der Waals surface area contributed by atoms with Gasteiger partial charge in [0.15, 0.2) is 0 Å². The van der Waals surface area contributed by atoms with E-state index in [1.165, 1.54) is 18.2 Å². The number of nitrogens with zero attached hydrogens (tertiary/aromatic N) is 1. The average molecular weight is 334 g/mol. The molecule has 0 aliphatic rings. The zero-order valence-electron chi connectivity index (χ0n) is 10.7. The molecule has 1 heterocycles. The van der Waals surface area contributed by atoms with E-state index in [4.69, 9.17) is 34.8 Å². The largest absolute Gasteiger partial charge is 0.334 e. The molecule has 0 saturated heterocycles. The number of H-pyrrole nitrogens is 1. The SMILES string of the molecule is CC(C)c1c(Cl)[nH]c(=O)n(-c2cc(Cl)cc(Cl)c2)c1=O. The Morgan fingerprint density at radius 2 is 1.60 bits per heavy atom. The molecule has 1 N–H and O–H groups in total. The van der Waals surface area contributed by atoms with E-state index < -0.39 is 11.2 Å². The molecule has 4 nitrogen and oxygen atoms in total. The van der Waals surface area contributed by atoms with Crippen LogP contribution < -0.4 is 11.2 Å². The van der Waals surface area contributed by atoms with Gasteiger partial charge in [0.2, 0.25) is 0 Å². The van der Waals surface area contributed by atoms with Crippen molar-refractivity contribution in [3.05, 3.63) is 59.8 Å². The minimum atomic E-state index is -0.636. The van der Waals surface area contributed by atoms with Gasteiger partial charge < -0.3 is 0 Å². The Balaban J connectivity index is 2.84. The van der Waals surface area contributed by atoms with E-state index in [9.17, 15) is 9.59 Å². The van der Waals surface area contributed by atoms with Crippen molar-refractivity contribution in [3.63, 3.8) is 0 Å². The van der Waals surface area contributed by atoms with E-state index in [2.05, 4.69) is 4.98 Å². The second kappa shape index (κ2) is 5.64. The van der Waals surface area contributed by atoms with Gasteiger partial charge in [0.05, 0.1) is 11.3 Å². The van der Waals surface area contributed by atoms with Gasteiger partial charge in [-0.3, -0.25) is 9.78 Å². The van der Waals surface area contributed by atoms with Gasteiger partial charge in [-0.25, -0.2) is 9.36 Å². The van der Waals surface area contributed by atoms with Gasteiger partial charge in [0, 0.05) is 10.0 Å². The second-order valence-electron chi connectivity index (χ2n) is 4.58. The summed E-state index contributed by atoms with van der Waals surface area (Å²) in [6.07, 6.45) is 0. The Bertz CT molecular complexity index is 758. The molecule has 1 aromatic carbocycles. The third kappa shape index (κ3) is 2.77. The van der Waals surface area contributed by atoms with Crippen molar-refractivity contribution in [2.75, 3.05) is 0 Å². The molecule has 0 unspecified atom stereocenters. The lowest BCUT2D eigenvalue weighted by atomic mass is 10.1. The fraction of sp³-hybridized carbons (Fsp3) is 0.231. The van der Waals surface area contributed by atoms with Crippen molar-refractivity contribution in [3.8, 4) is 5.69 Å². The third-order valence-corrected chi connectivity index (χ3v) is 3.51. The molecule has 0 saturated carbocycles. The molecule has 106 valence electrons. The summed E-state index contributed by atoms with van der Waals surface area (Å²) in [5.41, 5.74) is -0.482. The first-order valence-electron chi connectivity index (χ1n) is 5.82. The summed E-state index contributed by atoms with van der Waals surface area (Å²) in [6.45, 7) is 3.63. The van der Waals surface area contributed by atoms with Crippen LogP contribution >= 0.6 is 34.8 Å². The molecule has 0 amide bonds. The summed E-state index contributed by atoms with van der Waals surface area (Å²) >= 11 is 17.7. The fourth-order valence-corrected chi connectivity index (χ4v) is 2.82. The molecule has 7 heteroatoms. The van der Waals surface area contributed by atoms with Crippen molar-refractivity contribution in [2.24, 2.45) is 0 Å². The van der Waals surface area contributed by atoms with Crippen LogP contribution in [-0.2, 0) is 0 Å². The van der Waals surface area contributed by atoms with E-state index in [-0.39, 0.29) is 11.1 Å². The molecule has 0 atom stereocenters. The van der Waals surface area contributed by atoms with Gasteiger partial charge >= 0.3 is 5.69 Å². The van der Waals surface area contributed by atoms with Gasteiger partial charge in [0.1, 0.15) is 5.15 Å². The lowest BCUT2D eigenvalue weighted by molar-refractivity contribution is 0.777. The van der Waals surface area contributed by atoms with E-state index in [1.807, 2.05) is 13.8 Å². The quantitative estimate of drug-likeness (QED) is 0.854. The highest BCUT2D eigenvalue weighted by Crippen LogP contribution is 2.22. The maximum atomic E-state index is 12.4. The maximum Gasteiger partial charge on any atom is 0.334 e. The number of halogens is 3. The van der Waals surface area contributed by atoms with Crippen LogP contribution in [0.25, 0.3) is 5.69 Å². The van der Waals surface area contributed by atoms with Gasteiger partial charge in [-0.1, -0.05) is 48.7 Å². The number of hydrogen-bond acceptors (Lipinski definition) is 2. The molecule has 2 rings (SSSR count). The van der Waals surface area contributed by atoms with Gasteiger partial charge in [0.25, 0.3) is 5.56 Å². The zero-order chi connectivity index (χ0) is 15.0. The normalized spacial score (nSPS) is 11.1. The lowest BCUT2D eigenvalue weighted by Gasteiger charge is -2.11. The highest BCUT2D eigenvalue weighted by atomic mass is 35.5. The smallest absolute Gasteiger partial charge is 0.297 e. The number of aromatic amines is 1. The molecule has 0 aliphatic heterocycles. The maximum absolute atomic E-state index is 12.4. The predicted molar refractivity (Wildman–Crippen MR) is 81.8 cm³/mol. The minimum Gasteiger partial charge on any atom is -0.297 e. The Morgan fingerprint density at radius 3 is 2.10 bits per heavy atom. The monoisotopic (exact) mass is 332 g/mol. The standard InChI is InChI=1S/C13H11Cl3N2O2/c1-6(2)10-11(16)17-13(20)18(12(10)19)9-4-7(14)3-8(15)5-9/h3-6H,1-2H3,(H,17,20). The molecule has 1 aromatic heterocycles. The lowest BCUT2D eigenvalue weighted by Crippen LogP contribution is -2.36. The van der Waals surface area contributed by atoms with E-state index in [0.29, 0.717) is 21.3 Å². The van der Waals surface area contributed by atoms with Crippen LogP contribution in [0.2, 0.25) is 15.2 Å². The van der Waals surface area contributed by atoms with Crippen LogP contribution in [0.4, 0.5) is 0 Å². The molecule has 0 radical (unpaired) electrons. The van der Waals surface area contributed by atoms with E-state index in [1.54, 1.807) is 0 Å². The van der Waals surface area contributed by atoms with Crippen molar-refractivity contribution < 1.29 is 0 Å². The van der Waals surface area contributed by atoms with Gasteiger partial charge in [-0.05, 0) is 24.1 Å². The van der Waals surface area contributed by atoms with Crippen molar-refractivity contribution in [2.45, 2.75) is 19.8 Å². The van der Waals surface area contributed by atoms with Crippen LogP contribution in [0.1, 0.15) is 25.3 Å². The number of benzene rings is 1. The molecule has 0 aliphatic carbocycles. The first kappa shape index (κ1) is 15.2. The summed E-state index contributed by atoms with van der Waals surface area (Å²) in [5.74, 6) is -0.132. The first-order chi connectivity index (χ1) is 9.31. The van der Waals surface area contributed by atoms with Crippen LogP contribution in [0.15, 0.2) is 27.8 Å². The number of rotatable bonds is 2. The summed E-state index contributed by atoms with van der Waals surface area (Å²) in [7, 11) is 0. The molecule has 20 heavy (non-hydrogen) atoms. The Hall–Kier alpha value is -1.23.